The molecule has 2 aliphatic heterocycles. The number of carbonyl (C=O) groups is 1. The molecule has 0 spiro atoms. The maximum atomic E-state index is 12.2. The number of benzene rings is 2. The van der Waals surface area contributed by atoms with Crippen LogP contribution in [0.4, 0.5) is 5.69 Å². The molecule has 0 saturated carbocycles. The van der Waals surface area contributed by atoms with Crippen LogP contribution in [0.3, 0.4) is 0 Å². The summed E-state index contributed by atoms with van der Waals surface area (Å²) in [6, 6.07) is 18.3. The van der Waals surface area contributed by atoms with Crippen molar-refractivity contribution in [1.29, 1.82) is 0 Å². The zero-order chi connectivity index (χ0) is 15.6. The number of para-hydroxylation sites is 1. The quantitative estimate of drug-likeness (QED) is 0.855. The van der Waals surface area contributed by atoms with E-state index in [2.05, 4.69) is 28.2 Å². The second kappa shape index (κ2) is 6.13. The van der Waals surface area contributed by atoms with E-state index in [4.69, 9.17) is 0 Å². The SMILES string of the molecule is O=C1N=C(Cc2ccccc2)SC1CC1=Nc2ccccc2C1. The van der Waals surface area contributed by atoms with Gasteiger partial charge in [-0.25, -0.2) is 4.99 Å². The van der Waals surface area contributed by atoms with E-state index in [1.807, 2.05) is 36.4 Å². The van der Waals surface area contributed by atoms with Gasteiger partial charge < -0.3 is 0 Å². The Kier molecular flexibility index (Phi) is 3.83. The Hall–Kier alpha value is -2.20. The number of carbonyl (C=O) groups excluding carboxylic acids is 1. The number of nitrogens with zero attached hydrogens (tertiary/aromatic N) is 2. The van der Waals surface area contributed by atoms with Crippen LogP contribution in [-0.2, 0) is 17.6 Å². The number of hydrogen-bond donors (Lipinski definition) is 0. The minimum Gasteiger partial charge on any atom is -0.271 e. The molecule has 4 rings (SSSR count). The van der Waals surface area contributed by atoms with Gasteiger partial charge in [-0.05, 0) is 17.2 Å². The third kappa shape index (κ3) is 3.13. The maximum Gasteiger partial charge on any atom is 0.260 e. The first-order chi connectivity index (χ1) is 11.3. The first-order valence-electron chi connectivity index (χ1n) is 7.74. The molecule has 114 valence electrons. The van der Waals surface area contributed by atoms with Crippen molar-refractivity contribution in [3.05, 3.63) is 65.7 Å². The van der Waals surface area contributed by atoms with E-state index in [9.17, 15) is 4.79 Å². The van der Waals surface area contributed by atoms with Crippen molar-refractivity contribution in [1.82, 2.24) is 0 Å². The highest BCUT2D eigenvalue weighted by Gasteiger charge is 2.30. The smallest absolute Gasteiger partial charge is 0.260 e. The fraction of sp³-hybridized carbons (Fsp3) is 0.211. The van der Waals surface area contributed by atoms with Gasteiger partial charge in [-0.3, -0.25) is 9.79 Å². The molecule has 23 heavy (non-hydrogen) atoms. The van der Waals surface area contributed by atoms with E-state index < -0.39 is 0 Å². The van der Waals surface area contributed by atoms with Gasteiger partial charge in [0.05, 0.1) is 16.0 Å². The number of fused-ring (bicyclic) bond motifs is 1. The summed E-state index contributed by atoms with van der Waals surface area (Å²) < 4.78 is 0. The van der Waals surface area contributed by atoms with E-state index in [0.717, 1.165) is 29.3 Å². The predicted octanol–water partition coefficient (Wildman–Crippen LogP) is 3.99. The second-order valence-corrected chi connectivity index (χ2v) is 7.08. The van der Waals surface area contributed by atoms with Crippen molar-refractivity contribution in [2.75, 3.05) is 0 Å². The number of hydrogen-bond acceptors (Lipinski definition) is 3. The molecule has 2 heterocycles. The molecule has 4 heteroatoms. The topological polar surface area (TPSA) is 41.8 Å². The molecule has 0 aliphatic carbocycles. The number of rotatable bonds is 4. The van der Waals surface area contributed by atoms with Gasteiger partial charge in [0.25, 0.3) is 5.91 Å². The highest BCUT2D eigenvalue weighted by atomic mass is 32.2. The van der Waals surface area contributed by atoms with Crippen LogP contribution in [0.15, 0.2) is 64.6 Å². The molecule has 2 aromatic carbocycles. The summed E-state index contributed by atoms with van der Waals surface area (Å²) in [7, 11) is 0. The zero-order valence-corrected chi connectivity index (χ0v) is 13.4. The molecule has 1 atom stereocenters. The Balaban J connectivity index is 1.40. The van der Waals surface area contributed by atoms with E-state index in [0.29, 0.717) is 6.42 Å². The molecule has 0 saturated heterocycles. The standard InChI is InChI=1S/C19H16N2OS/c22-19-17(12-15-11-14-8-4-5-9-16(14)20-15)23-18(21-19)10-13-6-2-1-3-7-13/h1-9,17H,10-12H2. The molecule has 2 aliphatic rings. The van der Waals surface area contributed by atoms with Crippen LogP contribution in [0.25, 0.3) is 0 Å². The summed E-state index contributed by atoms with van der Waals surface area (Å²) in [5, 5.41) is 0.809. The van der Waals surface area contributed by atoms with E-state index in [1.54, 1.807) is 11.8 Å². The monoisotopic (exact) mass is 320 g/mol. The third-order valence-electron chi connectivity index (χ3n) is 4.07. The average molecular weight is 320 g/mol. The Morgan fingerprint density at radius 1 is 1.00 bits per heavy atom. The molecular formula is C19H16N2OS. The van der Waals surface area contributed by atoms with Crippen LogP contribution in [0.5, 0.6) is 0 Å². The predicted molar refractivity (Wildman–Crippen MR) is 95.8 cm³/mol. The summed E-state index contributed by atoms with van der Waals surface area (Å²) in [6.07, 6.45) is 2.29. The summed E-state index contributed by atoms with van der Waals surface area (Å²) in [5.41, 5.74) is 4.58. The first-order valence-corrected chi connectivity index (χ1v) is 8.62. The minimum atomic E-state index is -0.109. The lowest BCUT2D eigenvalue weighted by Crippen LogP contribution is -2.16. The fourth-order valence-electron chi connectivity index (χ4n) is 2.95. The van der Waals surface area contributed by atoms with Gasteiger partial charge in [0, 0.05) is 25.0 Å². The van der Waals surface area contributed by atoms with Gasteiger partial charge >= 0.3 is 0 Å². The summed E-state index contributed by atoms with van der Waals surface area (Å²) in [6.45, 7) is 0. The van der Waals surface area contributed by atoms with Gasteiger partial charge in [-0.1, -0.05) is 60.3 Å². The molecule has 2 aromatic rings. The average Bonchev–Trinajstić information content (AvgIpc) is 3.11. The molecule has 0 N–H and O–H groups in total. The molecule has 0 fully saturated rings. The van der Waals surface area contributed by atoms with E-state index in [-0.39, 0.29) is 11.2 Å². The van der Waals surface area contributed by atoms with Crippen LogP contribution >= 0.6 is 11.8 Å². The molecule has 1 amide bonds. The fourth-order valence-corrected chi connectivity index (χ4v) is 4.10. The lowest BCUT2D eigenvalue weighted by Gasteiger charge is -2.06. The van der Waals surface area contributed by atoms with Crippen molar-refractivity contribution in [2.24, 2.45) is 9.98 Å². The van der Waals surface area contributed by atoms with Crippen LogP contribution in [0, 0.1) is 0 Å². The largest absolute Gasteiger partial charge is 0.271 e. The van der Waals surface area contributed by atoms with E-state index >= 15 is 0 Å². The van der Waals surface area contributed by atoms with Crippen molar-refractivity contribution < 1.29 is 4.79 Å². The summed E-state index contributed by atoms with van der Waals surface area (Å²) in [4.78, 5) is 21.1. The highest BCUT2D eigenvalue weighted by Crippen LogP contribution is 2.32. The Morgan fingerprint density at radius 2 is 1.78 bits per heavy atom. The van der Waals surface area contributed by atoms with Crippen LogP contribution < -0.4 is 0 Å². The zero-order valence-electron chi connectivity index (χ0n) is 12.6. The van der Waals surface area contributed by atoms with Gasteiger partial charge in [-0.2, -0.15) is 0 Å². The maximum absolute atomic E-state index is 12.2. The van der Waals surface area contributed by atoms with Gasteiger partial charge in [0.15, 0.2) is 0 Å². The number of aliphatic imine (C=N–C) groups is 2. The third-order valence-corrected chi connectivity index (χ3v) is 5.23. The molecule has 0 aromatic heterocycles. The van der Waals surface area contributed by atoms with Crippen molar-refractivity contribution in [3.63, 3.8) is 0 Å². The Bertz CT molecular complexity index is 811. The summed E-state index contributed by atoms with van der Waals surface area (Å²) in [5.74, 6) is -0.0143. The van der Waals surface area contributed by atoms with Gasteiger partial charge in [0.2, 0.25) is 0 Å². The normalized spacial score (nSPS) is 19.5. The summed E-state index contributed by atoms with van der Waals surface area (Å²) >= 11 is 1.60. The van der Waals surface area contributed by atoms with Crippen LogP contribution in [0.2, 0.25) is 0 Å². The van der Waals surface area contributed by atoms with Crippen LogP contribution in [0.1, 0.15) is 17.5 Å². The molecule has 0 bridgehead atoms. The van der Waals surface area contributed by atoms with Gasteiger partial charge in [-0.15, -0.1) is 0 Å². The second-order valence-electron chi connectivity index (χ2n) is 5.80. The van der Waals surface area contributed by atoms with E-state index in [1.165, 1.54) is 11.1 Å². The van der Waals surface area contributed by atoms with Crippen molar-refractivity contribution in [3.8, 4) is 0 Å². The molecule has 1 unspecified atom stereocenters. The van der Waals surface area contributed by atoms with Gasteiger partial charge in [0.1, 0.15) is 0 Å². The Morgan fingerprint density at radius 3 is 2.61 bits per heavy atom. The molecular weight excluding hydrogens is 304 g/mol. The number of amides is 1. The lowest BCUT2D eigenvalue weighted by atomic mass is 10.1. The lowest BCUT2D eigenvalue weighted by molar-refractivity contribution is -0.116. The van der Waals surface area contributed by atoms with Crippen molar-refractivity contribution in [2.45, 2.75) is 24.5 Å². The highest BCUT2D eigenvalue weighted by molar-refractivity contribution is 8.15. The van der Waals surface area contributed by atoms with Crippen molar-refractivity contribution >= 4 is 34.1 Å². The number of thioether (sulfide) groups is 1. The molecule has 3 nitrogen and oxygen atoms in total. The van der Waals surface area contributed by atoms with Crippen LogP contribution in [-0.4, -0.2) is 21.9 Å². The minimum absolute atomic E-state index is 0.0143. The molecule has 0 radical (unpaired) electrons. The Labute approximate surface area is 139 Å². The first kappa shape index (κ1) is 14.4.